The molecular formula is C15H14N2O5S. The summed E-state index contributed by atoms with van der Waals surface area (Å²) in [7, 11) is 0. The third-order valence-corrected chi connectivity index (χ3v) is 3.39. The summed E-state index contributed by atoms with van der Waals surface area (Å²) in [6.45, 7) is 3.98. The lowest BCUT2D eigenvalue weighted by molar-refractivity contribution is -0.133. The monoisotopic (exact) mass is 334 g/mol. The minimum atomic E-state index is -0.484. The predicted octanol–water partition coefficient (Wildman–Crippen LogP) is 2.68. The standard InChI is InChI=1S/C15H14N2O5S/c1-9(18)17(15-16-14(8-23-15)22-11(3)20)12-4-6-13(7-5-12)21-10(2)19/h4-8H,1-3H3. The lowest BCUT2D eigenvalue weighted by atomic mass is 10.3. The van der Waals surface area contributed by atoms with Gasteiger partial charge in [0.15, 0.2) is 5.13 Å². The molecule has 0 aliphatic carbocycles. The van der Waals surface area contributed by atoms with Gasteiger partial charge in [-0.2, -0.15) is 4.98 Å². The number of ether oxygens (including phenoxy) is 2. The molecule has 23 heavy (non-hydrogen) atoms. The zero-order chi connectivity index (χ0) is 17.0. The molecule has 1 amide bonds. The molecule has 2 aromatic rings. The smallest absolute Gasteiger partial charge is 0.309 e. The van der Waals surface area contributed by atoms with Gasteiger partial charge in [0.25, 0.3) is 0 Å². The lowest BCUT2D eigenvalue weighted by Gasteiger charge is -2.18. The van der Waals surface area contributed by atoms with E-state index >= 15 is 0 Å². The summed E-state index contributed by atoms with van der Waals surface area (Å²) in [5.74, 6) is -0.646. The van der Waals surface area contributed by atoms with Crippen LogP contribution in [-0.2, 0) is 14.4 Å². The zero-order valence-electron chi connectivity index (χ0n) is 12.7. The van der Waals surface area contributed by atoms with Crippen molar-refractivity contribution < 1.29 is 23.9 Å². The van der Waals surface area contributed by atoms with Crippen LogP contribution in [0.1, 0.15) is 20.8 Å². The fourth-order valence-electron chi connectivity index (χ4n) is 1.80. The molecule has 0 atom stereocenters. The molecule has 0 N–H and O–H groups in total. The quantitative estimate of drug-likeness (QED) is 0.631. The fraction of sp³-hybridized carbons (Fsp3) is 0.200. The number of esters is 2. The highest BCUT2D eigenvalue weighted by Crippen LogP contribution is 2.32. The Hall–Kier alpha value is -2.74. The van der Waals surface area contributed by atoms with Crippen molar-refractivity contribution in [3.63, 3.8) is 0 Å². The summed E-state index contributed by atoms with van der Waals surface area (Å²) in [6, 6.07) is 6.42. The zero-order valence-corrected chi connectivity index (χ0v) is 13.5. The van der Waals surface area contributed by atoms with Gasteiger partial charge in [0.1, 0.15) is 5.75 Å². The van der Waals surface area contributed by atoms with Crippen LogP contribution in [0.25, 0.3) is 0 Å². The van der Waals surface area contributed by atoms with Crippen molar-refractivity contribution in [1.29, 1.82) is 0 Å². The van der Waals surface area contributed by atoms with E-state index in [1.165, 1.54) is 37.0 Å². The topological polar surface area (TPSA) is 85.8 Å². The lowest BCUT2D eigenvalue weighted by Crippen LogP contribution is -2.22. The van der Waals surface area contributed by atoms with Crippen molar-refractivity contribution >= 4 is 40.0 Å². The molecule has 0 saturated heterocycles. The van der Waals surface area contributed by atoms with E-state index in [1.807, 2.05) is 0 Å². The number of rotatable bonds is 4. The maximum atomic E-state index is 11.9. The number of carbonyl (C=O) groups excluding carboxylic acids is 3. The van der Waals surface area contributed by atoms with Gasteiger partial charge in [0.2, 0.25) is 11.8 Å². The first kappa shape index (κ1) is 16.6. The molecule has 0 unspecified atom stereocenters. The van der Waals surface area contributed by atoms with Crippen LogP contribution in [0.3, 0.4) is 0 Å². The Morgan fingerprint density at radius 3 is 2.13 bits per heavy atom. The SMILES string of the molecule is CC(=O)Oc1ccc(N(C(C)=O)c2nc(OC(C)=O)cs2)cc1. The van der Waals surface area contributed by atoms with Crippen molar-refractivity contribution in [2.75, 3.05) is 4.90 Å². The molecule has 0 aliphatic rings. The Labute approximate surface area is 136 Å². The molecule has 0 saturated carbocycles. The van der Waals surface area contributed by atoms with Crippen molar-refractivity contribution in [3.05, 3.63) is 29.6 Å². The van der Waals surface area contributed by atoms with E-state index < -0.39 is 11.9 Å². The third-order valence-electron chi connectivity index (χ3n) is 2.58. The second-order valence-electron chi connectivity index (χ2n) is 4.50. The molecule has 1 aromatic heterocycles. The molecular weight excluding hydrogens is 320 g/mol. The van der Waals surface area contributed by atoms with Gasteiger partial charge in [0, 0.05) is 20.8 Å². The third kappa shape index (κ3) is 4.36. The molecule has 120 valence electrons. The predicted molar refractivity (Wildman–Crippen MR) is 84.0 cm³/mol. The van der Waals surface area contributed by atoms with E-state index in [4.69, 9.17) is 9.47 Å². The minimum Gasteiger partial charge on any atom is -0.427 e. The van der Waals surface area contributed by atoms with Crippen LogP contribution in [0, 0.1) is 0 Å². The largest absolute Gasteiger partial charge is 0.427 e. The molecule has 2 rings (SSSR count). The van der Waals surface area contributed by atoms with Crippen LogP contribution in [0.2, 0.25) is 0 Å². The number of anilines is 2. The Morgan fingerprint density at radius 2 is 1.61 bits per heavy atom. The molecule has 0 aliphatic heterocycles. The van der Waals surface area contributed by atoms with Crippen molar-refractivity contribution in [1.82, 2.24) is 4.98 Å². The highest BCUT2D eigenvalue weighted by molar-refractivity contribution is 7.14. The first-order valence-electron chi connectivity index (χ1n) is 6.60. The van der Waals surface area contributed by atoms with E-state index in [-0.39, 0.29) is 11.8 Å². The minimum absolute atomic E-state index is 0.139. The number of benzene rings is 1. The molecule has 7 nitrogen and oxygen atoms in total. The highest BCUT2D eigenvalue weighted by atomic mass is 32.1. The van der Waals surface area contributed by atoms with Crippen LogP contribution < -0.4 is 14.4 Å². The number of amides is 1. The maximum absolute atomic E-state index is 11.9. The summed E-state index contributed by atoms with van der Waals surface area (Å²) in [5.41, 5.74) is 0.553. The van der Waals surface area contributed by atoms with Crippen molar-refractivity contribution in [2.24, 2.45) is 0 Å². The van der Waals surface area contributed by atoms with Gasteiger partial charge in [0.05, 0.1) is 11.1 Å². The molecule has 0 fully saturated rings. The van der Waals surface area contributed by atoms with Crippen LogP contribution in [0.5, 0.6) is 11.6 Å². The number of hydrogen-bond acceptors (Lipinski definition) is 7. The Kier molecular flexibility index (Phi) is 5.07. The summed E-state index contributed by atoms with van der Waals surface area (Å²) in [5, 5.41) is 1.91. The second kappa shape index (κ2) is 7.01. The van der Waals surface area contributed by atoms with Gasteiger partial charge in [-0.25, -0.2) is 0 Å². The van der Waals surface area contributed by atoms with Gasteiger partial charge in [-0.1, -0.05) is 0 Å². The molecule has 0 spiro atoms. The highest BCUT2D eigenvalue weighted by Gasteiger charge is 2.19. The first-order chi connectivity index (χ1) is 10.9. The molecule has 0 bridgehead atoms. The first-order valence-corrected chi connectivity index (χ1v) is 7.48. The fourth-order valence-corrected chi connectivity index (χ4v) is 2.59. The van der Waals surface area contributed by atoms with Crippen LogP contribution in [0.15, 0.2) is 29.6 Å². The number of aromatic nitrogens is 1. The molecule has 1 heterocycles. The average Bonchev–Trinajstić information content (AvgIpc) is 2.87. The van der Waals surface area contributed by atoms with Crippen molar-refractivity contribution in [3.8, 4) is 11.6 Å². The van der Waals surface area contributed by atoms with E-state index in [9.17, 15) is 14.4 Å². The van der Waals surface area contributed by atoms with E-state index in [1.54, 1.807) is 29.6 Å². The summed E-state index contributed by atoms with van der Waals surface area (Å²) >= 11 is 1.17. The summed E-state index contributed by atoms with van der Waals surface area (Å²) in [6.07, 6.45) is 0. The normalized spacial score (nSPS) is 10.0. The summed E-state index contributed by atoms with van der Waals surface area (Å²) in [4.78, 5) is 39.3. The Balaban J connectivity index is 2.27. The molecule has 8 heteroatoms. The molecule has 0 radical (unpaired) electrons. The maximum Gasteiger partial charge on any atom is 0.309 e. The average molecular weight is 334 g/mol. The van der Waals surface area contributed by atoms with Gasteiger partial charge in [-0.15, -0.1) is 11.3 Å². The van der Waals surface area contributed by atoms with Gasteiger partial charge >= 0.3 is 11.9 Å². The molecule has 1 aromatic carbocycles. The Bertz CT molecular complexity index is 739. The van der Waals surface area contributed by atoms with E-state index in [0.29, 0.717) is 16.6 Å². The van der Waals surface area contributed by atoms with Gasteiger partial charge < -0.3 is 9.47 Å². The van der Waals surface area contributed by atoms with Gasteiger partial charge in [-0.05, 0) is 24.3 Å². The number of nitrogens with zero attached hydrogens (tertiary/aromatic N) is 2. The second-order valence-corrected chi connectivity index (χ2v) is 5.34. The van der Waals surface area contributed by atoms with Gasteiger partial charge in [-0.3, -0.25) is 19.3 Å². The number of thiazole rings is 1. The van der Waals surface area contributed by atoms with Crippen LogP contribution in [-0.4, -0.2) is 22.8 Å². The van der Waals surface area contributed by atoms with E-state index in [2.05, 4.69) is 4.98 Å². The Morgan fingerprint density at radius 1 is 1.00 bits per heavy atom. The van der Waals surface area contributed by atoms with Crippen LogP contribution >= 0.6 is 11.3 Å². The van der Waals surface area contributed by atoms with Crippen LogP contribution in [0.4, 0.5) is 10.8 Å². The number of hydrogen-bond donors (Lipinski definition) is 0. The number of carbonyl (C=O) groups is 3. The summed E-state index contributed by atoms with van der Waals surface area (Å²) < 4.78 is 9.84. The van der Waals surface area contributed by atoms with E-state index in [0.717, 1.165) is 0 Å². The van der Waals surface area contributed by atoms with Crippen molar-refractivity contribution in [2.45, 2.75) is 20.8 Å².